The molecule has 6 heteroatoms. The van der Waals surface area contributed by atoms with Gasteiger partial charge in [-0.3, -0.25) is 9.80 Å². The highest BCUT2D eigenvalue weighted by Gasteiger charge is 2.33. The highest BCUT2D eigenvalue weighted by atomic mass is 16.5. The third-order valence-corrected chi connectivity index (χ3v) is 5.37. The van der Waals surface area contributed by atoms with E-state index in [0.29, 0.717) is 18.7 Å². The van der Waals surface area contributed by atoms with Crippen LogP contribution in [0, 0.1) is 0 Å². The number of rotatable bonds is 7. The van der Waals surface area contributed by atoms with E-state index in [0.717, 1.165) is 16.8 Å². The Morgan fingerprint density at radius 1 is 0.938 bits per heavy atom. The van der Waals surface area contributed by atoms with Gasteiger partial charge < -0.3 is 9.64 Å². The molecule has 3 aromatic rings. The number of esters is 1. The number of hydrogen-bond donors (Lipinski definition) is 0. The van der Waals surface area contributed by atoms with Crippen molar-refractivity contribution in [3.8, 4) is 0 Å². The largest absolute Gasteiger partial charge is 0.451 e. The summed E-state index contributed by atoms with van der Waals surface area (Å²) in [5.74, 6) is -0.828. The lowest BCUT2D eigenvalue weighted by atomic mass is 10.0. The van der Waals surface area contributed by atoms with Crippen molar-refractivity contribution in [2.24, 2.45) is 5.10 Å². The zero-order valence-corrected chi connectivity index (χ0v) is 17.9. The molecule has 0 spiro atoms. The van der Waals surface area contributed by atoms with Crippen LogP contribution in [0.3, 0.4) is 0 Å². The average Bonchev–Trinajstić information content (AvgIpc) is 3.30. The smallest absolute Gasteiger partial charge is 0.355 e. The van der Waals surface area contributed by atoms with E-state index in [4.69, 9.17) is 4.74 Å². The summed E-state index contributed by atoms with van der Waals surface area (Å²) in [6.07, 6.45) is 0.409. The molecule has 1 aliphatic rings. The SMILES string of the molecule is CN(Cc1ccccc1)C(=O)COC(=O)C1=NN(c2ccccc2)C(c2ccccc2)C1. The van der Waals surface area contributed by atoms with Gasteiger partial charge in [0.25, 0.3) is 5.91 Å². The number of carbonyl (C=O) groups excluding carboxylic acids is 2. The molecule has 0 N–H and O–H groups in total. The van der Waals surface area contributed by atoms with Crippen LogP contribution in [0.5, 0.6) is 0 Å². The van der Waals surface area contributed by atoms with Gasteiger partial charge >= 0.3 is 5.97 Å². The van der Waals surface area contributed by atoms with Crippen LogP contribution in [-0.2, 0) is 20.9 Å². The number of benzene rings is 3. The van der Waals surface area contributed by atoms with Gasteiger partial charge in [0.2, 0.25) is 0 Å². The highest BCUT2D eigenvalue weighted by Crippen LogP contribution is 2.35. The van der Waals surface area contributed by atoms with E-state index in [-0.39, 0.29) is 18.6 Å². The number of carbonyl (C=O) groups is 2. The second-order valence-corrected chi connectivity index (χ2v) is 7.67. The molecule has 6 nitrogen and oxygen atoms in total. The summed E-state index contributed by atoms with van der Waals surface area (Å²) in [4.78, 5) is 26.7. The lowest BCUT2D eigenvalue weighted by Gasteiger charge is -2.23. The van der Waals surface area contributed by atoms with Crippen molar-refractivity contribution in [1.82, 2.24) is 4.90 Å². The predicted molar refractivity (Wildman–Crippen MR) is 124 cm³/mol. The first-order valence-corrected chi connectivity index (χ1v) is 10.5. The summed E-state index contributed by atoms with van der Waals surface area (Å²) in [6.45, 7) is 0.137. The van der Waals surface area contributed by atoms with Gasteiger partial charge in [0, 0.05) is 20.0 Å². The number of nitrogens with zero attached hydrogens (tertiary/aromatic N) is 3. The van der Waals surface area contributed by atoms with E-state index in [1.54, 1.807) is 11.9 Å². The van der Waals surface area contributed by atoms with Crippen LogP contribution in [0.25, 0.3) is 0 Å². The molecule has 0 radical (unpaired) electrons. The van der Waals surface area contributed by atoms with Gasteiger partial charge in [0.05, 0.1) is 11.7 Å². The van der Waals surface area contributed by atoms with Crippen molar-refractivity contribution < 1.29 is 14.3 Å². The lowest BCUT2D eigenvalue weighted by molar-refractivity contribution is -0.146. The van der Waals surface area contributed by atoms with E-state index in [9.17, 15) is 9.59 Å². The van der Waals surface area contributed by atoms with Gasteiger partial charge in [-0.25, -0.2) is 4.79 Å². The zero-order valence-electron chi connectivity index (χ0n) is 17.9. The Morgan fingerprint density at radius 3 is 2.19 bits per heavy atom. The predicted octanol–water partition coefficient (Wildman–Crippen LogP) is 4.20. The molecule has 1 heterocycles. The Bertz CT molecular complexity index is 1090. The van der Waals surface area contributed by atoms with Crippen molar-refractivity contribution >= 4 is 23.3 Å². The molecule has 1 amide bonds. The van der Waals surface area contributed by atoms with Gasteiger partial charge in [0.15, 0.2) is 6.61 Å². The van der Waals surface area contributed by atoms with E-state index in [2.05, 4.69) is 5.10 Å². The number of anilines is 1. The van der Waals surface area contributed by atoms with E-state index >= 15 is 0 Å². The van der Waals surface area contributed by atoms with Crippen molar-refractivity contribution in [1.29, 1.82) is 0 Å². The van der Waals surface area contributed by atoms with E-state index in [1.165, 1.54) is 0 Å². The Labute approximate surface area is 187 Å². The second-order valence-electron chi connectivity index (χ2n) is 7.67. The van der Waals surface area contributed by atoms with Crippen LogP contribution >= 0.6 is 0 Å². The molecule has 162 valence electrons. The summed E-state index contributed by atoms with van der Waals surface area (Å²) < 4.78 is 5.33. The topological polar surface area (TPSA) is 62.2 Å². The molecular formula is C26H25N3O3. The number of para-hydroxylation sites is 1. The first kappa shape index (κ1) is 21.3. The molecule has 0 aromatic heterocycles. The summed E-state index contributed by atoms with van der Waals surface area (Å²) >= 11 is 0. The van der Waals surface area contributed by atoms with Gasteiger partial charge in [-0.05, 0) is 23.3 Å². The zero-order chi connectivity index (χ0) is 22.3. The Hall–Kier alpha value is -3.93. The van der Waals surface area contributed by atoms with E-state index < -0.39 is 5.97 Å². The average molecular weight is 428 g/mol. The van der Waals surface area contributed by atoms with Gasteiger partial charge in [0.1, 0.15) is 5.71 Å². The summed E-state index contributed by atoms with van der Waals surface area (Å²) in [5, 5.41) is 6.40. The van der Waals surface area contributed by atoms with Gasteiger partial charge in [-0.15, -0.1) is 0 Å². The molecule has 0 bridgehead atoms. The molecule has 0 fully saturated rings. The summed E-state index contributed by atoms with van der Waals surface area (Å²) in [5.41, 5.74) is 3.27. The molecule has 1 unspecified atom stereocenters. The molecule has 3 aromatic carbocycles. The van der Waals surface area contributed by atoms with Crippen LogP contribution in [0.15, 0.2) is 96.1 Å². The maximum absolute atomic E-state index is 12.7. The van der Waals surface area contributed by atoms with Crippen LogP contribution in [0.1, 0.15) is 23.6 Å². The number of amides is 1. The Balaban J connectivity index is 1.42. The maximum atomic E-state index is 12.7. The number of likely N-dealkylation sites (N-methyl/N-ethyl adjacent to an activating group) is 1. The third-order valence-electron chi connectivity index (χ3n) is 5.37. The first-order chi connectivity index (χ1) is 15.6. The molecule has 0 saturated carbocycles. The number of ether oxygens (including phenoxy) is 1. The van der Waals surface area contributed by atoms with Crippen LogP contribution < -0.4 is 5.01 Å². The molecule has 32 heavy (non-hydrogen) atoms. The normalized spacial score (nSPS) is 15.2. The summed E-state index contributed by atoms with van der Waals surface area (Å²) in [7, 11) is 1.69. The maximum Gasteiger partial charge on any atom is 0.355 e. The van der Waals surface area contributed by atoms with Crippen LogP contribution in [0.2, 0.25) is 0 Å². The quantitative estimate of drug-likeness (QED) is 0.531. The lowest BCUT2D eigenvalue weighted by Crippen LogP contribution is -2.32. The van der Waals surface area contributed by atoms with Crippen LogP contribution in [0.4, 0.5) is 5.69 Å². The van der Waals surface area contributed by atoms with Crippen molar-refractivity contribution in [3.63, 3.8) is 0 Å². The Kier molecular flexibility index (Phi) is 6.60. The Morgan fingerprint density at radius 2 is 1.53 bits per heavy atom. The number of hydrogen-bond acceptors (Lipinski definition) is 5. The van der Waals surface area contributed by atoms with Crippen molar-refractivity contribution in [3.05, 3.63) is 102 Å². The second kappa shape index (κ2) is 9.92. The van der Waals surface area contributed by atoms with Crippen LogP contribution in [-0.4, -0.2) is 36.1 Å². The fourth-order valence-electron chi connectivity index (χ4n) is 3.65. The van der Waals surface area contributed by atoms with E-state index in [1.807, 2.05) is 96.0 Å². The first-order valence-electron chi connectivity index (χ1n) is 10.5. The summed E-state index contributed by atoms with van der Waals surface area (Å²) in [6, 6.07) is 29.2. The van der Waals surface area contributed by atoms with Gasteiger partial charge in [-0.1, -0.05) is 78.9 Å². The van der Waals surface area contributed by atoms with Gasteiger partial charge in [-0.2, -0.15) is 5.10 Å². The fourth-order valence-corrected chi connectivity index (χ4v) is 3.65. The highest BCUT2D eigenvalue weighted by molar-refractivity contribution is 6.37. The molecule has 1 atom stereocenters. The minimum Gasteiger partial charge on any atom is -0.451 e. The number of hydrazone groups is 1. The van der Waals surface area contributed by atoms with Crippen molar-refractivity contribution in [2.75, 3.05) is 18.7 Å². The minimum absolute atomic E-state index is 0.113. The molecule has 4 rings (SSSR count). The molecule has 1 aliphatic heterocycles. The molecule has 0 saturated heterocycles. The minimum atomic E-state index is -0.564. The van der Waals surface area contributed by atoms with Crippen molar-refractivity contribution in [2.45, 2.75) is 19.0 Å². The standard InChI is InChI=1S/C26H25N3O3/c1-28(18-20-11-5-2-6-12-20)25(30)19-32-26(31)23-17-24(21-13-7-3-8-14-21)29(27-23)22-15-9-4-10-16-22/h2-16,24H,17-19H2,1H3. The fraction of sp³-hybridized carbons (Fsp3) is 0.192. The molecule has 0 aliphatic carbocycles. The monoisotopic (exact) mass is 427 g/mol. The third kappa shape index (κ3) is 5.03. The molecular weight excluding hydrogens is 402 g/mol.